The minimum atomic E-state index is 0.224. The molecule has 0 amide bonds. The number of rotatable bonds is 2. The highest BCUT2D eigenvalue weighted by molar-refractivity contribution is 6.16. The summed E-state index contributed by atoms with van der Waals surface area (Å²) in [5.74, 6) is 1.75. The quantitative estimate of drug-likeness (QED) is 0.743. The van der Waals surface area contributed by atoms with Crippen molar-refractivity contribution in [3.05, 3.63) is 30.1 Å². The maximum atomic E-state index is 9.09. The van der Waals surface area contributed by atoms with Crippen LogP contribution < -0.4 is 0 Å². The molecular formula is C9H8ClN3O. The molecule has 0 saturated carbocycles. The highest BCUT2D eigenvalue weighted by Gasteiger charge is 2.04. The minimum Gasteiger partial charge on any atom is -0.508 e. The van der Waals surface area contributed by atoms with E-state index in [1.54, 1.807) is 24.3 Å². The molecule has 72 valence electrons. The van der Waals surface area contributed by atoms with Crippen molar-refractivity contribution in [1.29, 1.82) is 0 Å². The summed E-state index contributed by atoms with van der Waals surface area (Å²) >= 11 is 5.58. The van der Waals surface area contributed by atoms with Gasteiger partial charge < -0.3 is 5.11 Å². The van der Waals surface area contributed by atoms with Gasteiger partial charge in [-0.2, -0.15) is 5.10 Å². The van der Waals surface area contributed by atoms with E-state index in [9.17, 15) is 0 Å². The molecular weight excluding hydrogens is 202 g/mol. The SMILES string of the molecule is Oc1ccc(-c2n[nH]c(CCl)n2)cc1. The summed E-state index contributed by atoms with van der Waals surface area (Å²) < 4.78 is 0. The largest absolute Gasteiger partial charge is 0.508 e. The minimum absolute atomic E-state index is 0.224. The standard InChI is InChI=1S/C9H8ClN3O/c10-5-8-11-9(13-12-8)6-1-3-7(14)4-2-6/h1-4,14H,5H2,(H,11,12,13). The van der Waals surface area contributed by atoms with Crippen molar-refractivity contribution >= 4 is 11.6 Å². The molecule has 2 rings (SSSR count). The van der Waals surface area contributed by atoms with Crippen LogP contribution >= 0.6 is 11.6 Å². The fraction of sp³-hybridized carbons (Fsp3) is 0.111. The predicted molar refractivity (Wildman–Crippen MR) is 53.0 cm³/mol. The van der Waals surface area contributed by atoms with Gasteiger partial charge in [-0.25, -0.2) is 4.98 Å². The summed E-state index contributed by atoms with van der Waals surface area (Å²) in [5.41, 5.74) is 0.843. The molecule has 14 heavy (non-hydrogen) atoms. The van der Waals surface area contributed by atoms with E-state index in [2.05, 4.69) is 15.2 Å². The van der Waals surface area contributed by atoms with Crippen LogP contribution in [0.5, 0.6) is 5.75 Å². The van der Waals surface area contributed by atoms with Crippen LogP contribution in [0, 0.1) is 0 Å². The van der Waals surface area contributed by atoms with E-state index in [1.807, 2.05) is 0 Å². The zero-order valence-electron chi connectivity index (χ0n) is 7.24. The zero-order chi connectivity index (χ0) is 9.97. The summed E-state index contributed by atoms with van der Waals surface area (Å²) in [5, 5.41) is 15.8. The van der Waals surface area contributed by atoms with Crippen LogP contribution in [0.1, 0.15) is 5.82 Å². The number of hydrogen-bond donors (Lipinski definition) is 2. The van der Waals surface area contributed by atoms with Crippen molar-refractivity contribution in [3.8, 4) is 17.1 Å². The Bertz CT molecular complexity index is 424. The Morgan fingerprint density at radius 1 is 1.29 bits per heavy atom. The number of nitrogens with zero attached hydrogens (tertiary/aromatic N) is 2. The molecule has 0 aliphatic heterocycles. The highest BCUT2D eigenvalue weighted by atomic mass is 35.5. The van der Waals surface area contributed by atoms with E-state index in [1.165, 1.54) is 0 Å². The molecule has 0 aliphatic rings. The Balaban J connectivity index is 2.34. The summed E-state index contributed by atoms with van der Waals surface area (Å²) in [4.78, 5) is 4.15. The Morgan fingerprint density at radius 2 is 2.00 bits per heavy atom. The molecule has 0 spiro atoms. The van der Waals surface area contributed by atoms with Gasteiger partial charge in [-0.15, -0.1) is 11.6 Å². The van der Waals surface area contributed by atoms with Crippen LogP contribution in [0.15, 0.2) is 24.3 Å². The first-order chi connectivity index (χ1) is 6.79. The third kappa shape index (κ3) is 1.70. The fourth-order valence-electron chi connectivity index (χ4n) is 1.09. The van der Waals surface area contributed by atoms with Crippen molar-refractivity contribution in [2.45, 2.75) is 5.88 Å². The summed E-state index contributed by atoms with van der Waals surface area (Å²) in [7, 11) is 0. The van der Waals surface area contributed by atoms with Gasteiger partial charge in [0.25, 0.3) is 0 Å². The van der Waals surface area contributed by atoms with Gasteiger partial charge in [-0.1, -0.05) is 0 Å². The number of aromatic nitrogens is 3. The second-order valence-corrected chi connectivity index (χ2v) is 3.05. The molecule has 0 fully saturated rings. The second kappa shape index (κ2) is 3.67. The van der Waals surface area contributed by atoms with Crippen molar-refractivity contribution < 1.29 is 5.11 Å². The number of aromatic hydroxyl groups is 1. The van der Waals surface area contributed by atoms with Crippen LogP contribution in [-0.4, -0.2) is 20.3 Å². The second-order valence-electron chi connectivity index (χ2n) is 2.79. The van der Waals surface area contributed by atoms with Crippen LogP contribution in [0.3, 0.4) is 0 Å². The van der Waals surface area contributed by atoms with Crippen molar-refractivity contribution in [2.24, 2.45) is 0 Å². The highest BCUT2D eigenvalue weighted by Crippen LogP contribution is 2.18. The predicted octanol–water partition coefficient (Wildman–Crippen LogP) is 1.92. The van der Waals surface area contributed by atoms with Crippen LogP contribution in [-0.2, 0) is 5.88 Å². The molecule has 0 aliphatic carbocycles. The smallest absolute Gasteiger partial charge is 0.181 e. The molecule has 0 unspecified atom stereocenters. The molecule has 0 atom stereocenters. The van der Waals surface area contributed by atoms with Crippen molar-refractivity contribution in [2.75, 3.05) is 0 Å². The molecule has 2 aromatic rings. The lowest BCUT2D eigenvalue weighted by atomic mass is 10.2. The molecule has 1 aromatic heterocycles. The third-order valence-corrected chi connectivity index (χ3v) is 2.04. The molecule has 0 saturated heterocycles. The number of H-pyrrole nitrogens is 1. The molecule has 1 heterocycles. The first kappa shape index (κ1) is 9.02. The molecule has 0 bridgehead atoms. The maximum Gasteiger partial charge on any atom is 0.181 e. The number of aromatic amines is 1. The lowest BCUT2D eigenvalue weighted by Gasteiger charge is -1.94. The Morgan fingerprint density at radius 3 is 2.57 bits per heavy atom. The van der Waals surface area contributed by atoms with Gasteiger partial charge in [-0.3, -0.25) is 5.10 Å². The van der Waals surface area contributed by atoms with E-state index in [-0.39, 0.29) is 5.75 Å². The molecule has 4 nitrogen and oxygen atoms in total. The van der Waals surface area contributed by atoms with Crippen LogP contribution in [0.4, 0.5) is 0 Å². The summed E-state index contributed by atoms with van der Waals surface area (Å²) in [6.07, 6.45) is 0. The number of phenolic OH excluding ortho intramolecular Hbond substituents is 1. The Kier molecular flexibility index (Phi) is 2.37. The van der Waals surface area contributed by atoms with Crippen molar-refractivity contribution in [1.82, 2.24) is 15.2 Å². The first-order valence-electron chi connectivity index (χ1n) is 4.06. The summed E-state index contributed by atoms with van der Waals surface area (Å²) in [6.45, 7) is 0. The number of benzene rings is 1. The normalized spacial score (nSPS) is 10.4. The van der Waals surface area contributed by atoms with Gasteiger partial charge in [-0.05, 0) is 24.3 Å². The number of nitrogens with one attached hydrogen (secondary N) is 1. The van der Waals surface area contributed by atoms with Gasteiger partial charge in [0.15, 0.2) is 5.82 Å². The van der Waals surface area contributed by atoms with Crippen LogP contribution in [0.2, 0.25) is 0 Å². The summed E-state index contributed by atoms with van der Waals surface area (Å²) in [6, 6.07) is 6.67. The van der Waals surface area contributed by atoms with E-state index in [0.29, 0.717) is 17.5 Å². The van der Waals surface area contributed by atoms with Gasteiger partial charge >= 0.3 is 0 Å². The number of halogens is 1. The average Bonchev–Trinajstić information content (AvgIpc) is 2.67. The molecule has 2 N–H and O–H groups in total. The topological polar surface area (TPSA) is 61.8 Å². The Labute approximate surface area is 85.6 Å². The zero-order valence-corrected chi connectivity index (χ0v) is 7.99. The number of alkyl halides is 1. The molecule has 5 heteroatoms. The van der Waals surface area contributed by atoms with Crippen LogP contribution in [0.25, 0.3) is 11.4 Å². The number of phenols is 1. The Hall–Kier alpha value is -1.55. The monoisotopic (exact) mass is 209 g/mol. The lowest BCUT2D eigenvalue weighted by molar-refractivity contribution is 0.475. The molecule has 1 aromatic carbocycles. The van der Waals surface area contributed by atoms with E-state index < -0.39 is 0 Å². The van der Waals surface area contributed by atoms with Gasteiger partial charge in [0.2, 0.25) is 0 Å². The fourth-order valence-corrected chi connectivity index (χ4v) is 1.21. The first-order valence-corrected chi connectivity index (χ1v) is 4.59. The number of hydrogen-bond acceptors (Lipinski definition) is 3. The van der Waals surface area contributed by atoms with Crippen molar-refractivity contribution in [3.63, 3.8) is 0 Å². The lowest BCUT2D eigenvalue weighted by Crippen LogP contribution is -1.80. The third-order valence-electron chi connectivity index (χ3n) is 1.78. The van der Waals surface area contributed by atoms with E-state index in [0.717, 1.165) is 5.56 Å². The van der Waals surface area contributed by atoms with Gasteiger partial charge in [0.05, 0.1) is 5.88 Å². The average molecular weight is 210 g/mol. The maximum absolute atomic E-state index is 9.09. The van der Waals surface area contributed by atoms with E-state index >= 15 is 0 Å². The molecule has 0 radical (unpaired) electrons. The van der Waals surface area contributed by atoms with E-state index in [4.69, 9.17) is 16.7 Å². The van der Waals surface area contributed by atoms with Gasteiger partial charge in [0, 0.05) is 5.56 Å². The van der Waals surface area contributed by atoms with Gasteiger partial charge in [0.1, 0.15) is 11.6 Å².